The summed E-state index contributed by atoms with van der Waals surface area (Å²) in [5.74, 6) is 1.36. The van der Waals surface area contributed by atoms with Crippen LogP contribution < -0.4 is 10.1 Å². The van der Waals surface area contributed by atoms with Crippen LogP contribution in [0, 0.1) is 0 Å². The average molecular weight is 413 g/mol. The van der Waals surface area contributed by atoms with Crippen molar-refractivity contribution in [1.29, 1.82) is 0 Å². The minimum Gasteiger partial charge on any atom is -0.494 e. The Balaban J connectivity index is 1.92. The fourth-order valence-electron chi connectivity index (χ4n) is 2.24. The SMILES string of the molecule is CNCC(CCOc1ccc(Br)cc1)c1cccc(Br)c1. The predicted octanol–water partition coefficient (Wildman–Crippen LogP) is 4.98. The van der Waals surface area contributed by atoms with Gasteiger partial charge in [0.25, 0.3) is 0 Å². The summed E-state index contributed by atoms with van der Waals surface area (Å²) in [6.45, 7) is 1.65. The van der Waals surface area contributed by atoms with Crippen molar-refractivity contribution in [2.24, 2.45) is 0 Å². The van der Waals surface area contributed by atoms with Gasteiger partial charge in [0.2, 0.25) is 0 Å². The van der Waals surface area contributed by atoms with E-state index in [1.54, 1.807) is 0 Å². The zero-order valence-corrected chi connectivity index (χ0v) is 15.2. The summed E-state index contributed by atoms with van der Waals surface area (Å²) in [7, 11) is 1.99. The quantitative estimate of drug-likeness (QED) is 0.691. The number of halogens is 2. The molecule has 0 saturated heterocycles. The molecule has 0 aliphatic carbocycles. The first-order valence-corrected chi connectivity index (χ1v) is 8.56. The highest BCUT2D eigenvalue weighted by Gasteiger charge is 2.11. The lowest BCUT2D eigenvalue weighted by Gasteiger charge is -2.18. The van der Waals surface area contributed by atoms with Gasteiger partial charge >= 0.3 is 0 Å². The van der Waals surface area contributed by atoms with Crippen molar-refractivity contribution >= 4 is 31.9 Å². The van der Waals surface area contributed by atoms with E-state index in [1.165, 1.54) is 5.56 Å². The summed E-state index contributed by atoms with van der Waals surface area (Å²) >= 11 is 6.96. The lowest BCUT2D eigenvalue weighted by Crippen LogP contribution is -2.19. The van der Waals surface area contributed by atoms with Gasteiger partial charge in [0.1, 0.15) is 5.75 Å². The van der Waals surface area contributed by atoms with E-state index in [4.69, 9.17) is 4.74 Å². The monoisotopic (exact) mass is 411 g/mol. The van der Waals surface area contributed by atoms with Gasteiger partial charge in [0, 0.05) is 15.5 Å². The molecule has 1 N–H and O–H groups in total. The first-order valence-electron chi connectivity index (χ1n) is 6.97. The third-order valence-corrected chi connectivity index (χ3v) is 4.34. The van der Waals surface area contributed by atoms with E-state index >= 15 is 0 Å². The van der Waals surface area contributed by atoms with E-state index in [0.717, 1.165) is 27.7 Å². The molecule has 2 nitrogen and oxygen atoms in total. The Bertz CT molecular complexity index is 557. The summed E-state index contributed by atoms with van der Waals surface area (Å²) in [4.78, 5) is 0. The molecule has 0 fully saturated rings. The number of rotatable bonds is 7. The Morgan fingerprint density at radius 1 is 1.05 bits per heavy atom. The van der Waals surface area contributed by atoms with Gasteiger partial charge in [0.15, 0.2) is 0 Å². The second-order valence-electron chi connectivity index (χ2n) is 4.90. The van der Waals surface area contributed by atoms with Crippen LogP contribution in [0.4, 0.5) is 0 Å². The highest BCUT2D eigenvalue weighted by atomic mass is 79.9. The van der Waals surface area contributed by atoms with Gasteiger partial charge < -0.3 is 10.1 Å². The van der Waals surface area contributed by atoms with Crippen LogP contribution in [0.2, 0.25) is 0 Å². The molecule has 2 aromatic rings. The molecule has 0 amide bonds. The molecule has 0 saturated carbocycles. The number of likely N-dealkylation sites (N-methyl/N-ethyl adjacent to an activating group) is 1. The third-order valence-electron chi connectivity index (χ3n) is 3.32. The molecule has 0 spiro atoms. The molecular weight excluding hydrogens is 394 g/mol. The van der Waals surface area contributed by atoms with Crippen LogP contribution in [0.3, 0.4) is 0 Å². The molecule has 0 bridgehead atoms. The van der Waals surface area contributed by atoms with Crippen molar-refractivity contribution in [1.82, 2.24) is 5.32 Å². The Labute approximate surface area is 143 Å². The van der Waals surface area contributed by atoms with Crippen LogP contribution in [0.25, 0.3) is 0 Å². The molecule has 0 radical (unpaired) electrons. The van der Waals surface area contributed by atoms with Crippen LogP contribution in [0.15, 0.2) is 57.5 Å². The van der Waals surface area contributed by atoms with Crippen molar-refractivity contribution < 1.29 is 4.74 Å². The van der Waals surface area contributed by atoms with Gasteiger partial charge in [-0.3, -0.25) is 0 Å². The maximum Gasteiger partial charge on any atom is 0.119 e. The van der Waals surface area contributed by atoms with Crippen molar-refractivity contribution in [3.05, 3.63) is 63.0 Å². The van der Waals surface area contributed by atoms with Gasteiger partial charge in [-0.1, -0.05) is 44.0 Å². The molecule has 2 aromatic carbocycles. The molecule has 4 heteroatoms. The van der Waals surface area contributed by atoms with E-state index in [2.05, 4.69) is 61.4 Å². The number of benzene rings is 2. The maximum absolute atomic E-state index is 5.83. The van der Waals surface area contributed by atoms with E-state index in [-0.39, 0.29) is 0 Å². The molecular formula is C17H19Br2NO. The molecule has 0 aromatic heterocycles. The average Bonchev–Trinajstić information content (AvgIpc) is 2.48. The zero-order valence-electron chi connectivity index (χ0n) is 12.0. The van der Waals surface area contributed by atoms with Gasteiger partial charge in [-0.05, 0) is 61.3 Å². The van der Waals surface area contributed by atoms with Crippen LogP contribution in [-0.4, -0.2) is 20.2 Å². The molecule has 0 aliphatic rings. The predicted molar refractivity (Wildman–Crippen MR) is 95.1 cm³/mol. The smallest absolute Gasteiger partial charge is 0.119 e. The van der Waals surface area contributed by atoms with Gasteiger partial charge in [-0.25, -0.2) is 0 Å². The largest absolute Gasteiger partial charge is 0.494 e. The summed E-state index contributed by atoms with van der Waals surface area (Å²) in [6.07, 6.45) is 0.980. The van der Waals surface area contributed by atoms with Crippen LogP contribution in [0.5, 0.6) is 5.75 Å². The topological polar surface area (TPSA) is 21.3 Å². The Kier molecular flexibility index (Phi) is 6.74. The highest BCUT2D eigenvalue weighted by molar-refractivity contribution is 9.10. The number of ether oxygens (including phenoxy) is 1. The summed E-state index contributed by atoms with van der Waals surface area (Å²) < 4.78 is 8.02. The molecule has 1 unspecified atom stereocenters. The van der Waals surface area contributed by atoms with Crippen molar-refractivity contribution in [3.8, 4) is 5.75 Å². The Morgan fingerprint density at radius 3 is 2.48 bits per heavy atom. The number of hydrogen-bond acceptors (Lipinski definition) is 2. The first kappa shape index (κ1) is 16.5. The van der Waals surface area contributed by atoms with Crippen molar-refractivity contribution in [2.45, 2.75) is 12.3 Å². The first-order chi connectivity index (χ1) is 10.2. The standard InChI is InChI=1S/C17H19Br2NO/c1-20-12-14(13-3-2-4-16(19)11-13)9-10-21-17-7-5-15(18)6-8-17/h2-8,11,14,20H,9-10,12H2,1H3. The van der Waals surface area contributed by atoms with Gasteiger partial charge in [0.05, 0.1) is 6.61 Å². The van der Waals surface area contributed by atoms with Crippen molar-refractivity contribution in [3.63, 3.8) is 0 Å². The molecule has 0 heterocycles. The fraction of sp³-hybridized carbons (Fsp3) is 0.294. The second-order valence-corrected chi connectivity index (χ2v) is 6.73. The minimum absolute atomic E-state index is 0.447. The van der Waals surface area contributed by atoms with E-state index in [0.29, 0.717) is 12.5 Å². The summed E-state index contributed by atoms with van der Waals surface area (Å²) in [6, 6.07) is 16.4. The lowest BCUT2D eigenvalue weighted by atomic mass is 9.96. The summed E-state index contributed by atoms with van der Waals surface area (Å²) in [5, 5.41) is 3.26. The highest BCUT2D eigenvalue weighted by Crippen LogP contribution is 2.23. The lowest BCUT2D eigenvalue weighted by molar-refractivity contribution is 0.296. The van der Waals surface area contributed by atoms with Crippen LogP contribution in [-0.2, 0) is 0 Å². The van der Waals surface area contributed by atoms with Gasteiger partial charge in [-0.15, -0.1) is 0 Å². The third kappa shape index (κ3) is 5.46. The van der Waals surface area contributed by atoms with Crippen LogP contribution >= 0.6 is 31.9 Å². The summed E-state index contributed by atoms with van der Waals surface area (Å²) in [5.41, 5.74) is 1.33. The fourth-order valence-corrected chi connectivity index (χ4v) is 2.92. The van der Waals surface area contributed by atoms with Gasteiger partial charge in [-0.2, -0.15) is 0 Å². The molecule has 1 atom stereocenters. The maximum atomic E-state index is 5.83. The van der Waals surface area contributed by atoms with Crippen LogP contribution in [0.1, 0.15) is 17.9 Å². The zero-order chi connectivity index (χ0) is 15.1. The molecule has 112 valence electrons. The second kappa shape index (κ2) is 8.57. The normalized spacial score (nSPS) is 12.1. The minimum atomic E-state index is 0.447. The molecule has 0 aliphatic heterocycles. The molecule has 2 rings (SSSR count). The van der Waals surface area contributed by atoms with E-state index < -0.39 is 0 Å². The van der Waals surface area contributed by atoms with E-state index in [1.807, 2.05) is 31.3 Å². The van der Waals surface area contributed by atoms with Crippen molar-refractivity contribution in [2.75, 3.05) is 20.2 Å². The van der Waals surface area contributed by atoms with E-state index in [9.17, 15) is 0 Å². The number of hydrogen-bond donors (Lipinski definition) is 1. The molecule has 21 heavy (non-hydrogen) atoms. The Hall–Kier alpha value is -0.840. The number of nitrogens with one attached hydrogen (secondary N) is 1. The Morgan fingerprint density at radius 2 is 1.81 bits per heavy atom.